The second-order valence-electron chi connectivity index (χ2n) is 6.50. The quantitative estimate of drug-likeness (QED) is 0.652. The number of aliphatic imine (C=N–C) groups is 1. The fraction of sp³-hybridized carbons (Fsp3) is 0.611. The van der Waals surface area contributed by atoms with E-state index in [-0.39, 0.29) is 0 Å². The molecule has 1 fully saturated rings. The molecule has 0 bridgehead atoms. The summed E-state index contributed by atoms with van der Waals surface area (Å²) in [5.74, 6) is 1.50. The Hall–Kier alpha value is -1.96. The molecule has 0 saturated carbocycles. The van der Waals surface area contributed by atoms with Gasteiger partial charge in [-0.15, -0.1) is 0 Å². The molecule has 0 aromatic heterocycles. The van der Waals surface area contributed by atoms with E-state index in [2.05, 4.69) is 16.4 Å². The predicted molar refractivity (Wildman–Crippen MR) is 96.6 cm³/mol. The minimum atomic E-state index is -4.19. The van der Waals surface area contributed by atoms with Crippen molar-refractivity contribution in [2.75, 3.05) is 40.3 Å². The monoisotopic (exact) mass is 372 g/mol. The minimum Gasteiger partial charge on any atom is -0.497 e. The van der Waals surface area contributed by atoms with Crippen molar-refractivity contribution < 1.29 is 17.9 Å². The van der Waals surface area contributed by atoms with E-state index in [0.29, 0.717) is 38.7 Å². The lowest BCUT2D eigenvalue weighted by molar-refractivity contribution is -0.181. The third-order valence-corrected chi connectivity index (χ3v) is 4.64. The zero-order valence-corrected chi connectivity index (χ0v) is 15.7. The number of nitrogens with one attached hydrogen (secondary N) is 1. The number of ether oxygens (including phenoxy) is 1. The largest absolute Gasteiger partial charge is 0.497 e. The van der Waals surface area contributed by atoms with Crippen molar-refractivity contribution in [2.45, 2.75) is 32.6 Å². The van der Waals surface area contributed by atoms with Gasteiger partial charge in [0.25, 0.3) is 0 Å². The summed E-state index contributed by atoms with van der Waals surface area (Å²) in [6.07, 6.45) is -4.19. The number of piperazine rings is 1. The van der Waals surface area contributed by atoms with Crippen LogP contribution in [-0.2, 0) is 6.54 Å². The van der Waals surface area contributed by atoms with Gasteiger partial charge in [0.1, 0.15) is 11.8 Å². The zero-order chi connectivity index (χ0) is 19.3. The van der Waals surface area contributed by atoms with Gasteiger partial charge in [0.05, 0.1) is 7.11 Å². The number of hydrogen-bond acceptors (Lipinski definition) is 3. The number of guanidine groups is 1. The third-order valence-electron chi connectivity index (χ3n) is 4.64. The highest BCUT2D eigenvalue weighted by molar-refractivity contribution is 5.80. The van der Waals surface area contributed by atoms with Gasteiger partial charge in [0, 0.05) is 39.8 Å². The molecule has 8 heteroatoms. The van der Waals surface area contributed by atoms with Crippen LogP contribution in [0.3, 0.4) is 0 Å². The maximum atomic E-state index is 12.9. The molecule has 0 radical (unpaired) electrons. The molecule has 1 aliphatic rings. The summed E-state index contributed by atoms with van der Waals surface area (Å²) in [6.45, 7) is 5.54. The van der Waals surface area contributed by atoms with Gasteiger partial charge >= 0.3 is 6.18 Å². The van der Waals surface area contributed by atoms with Crippen molar-refractivity contribution in [1.29, 1.82) is 0 Å². The van der Waals surface area contributed by atoms with E-state index in [4.69, 9.17) is 4.74 Å². The standard InChI is InChI=1S/C18H27F3N4O/c1-13-9-15(11-16(10-13)26-4)12-23-17(22-3)25-7-5-24(6-8-25)14(2)18(19,20)21/h9-11,14H,5-8,12H2,1-4H3,(H,22,23). The Morgan fingerprint density at radius 2 is 1.88 bits per heavy atom. The molecule has 1 heterocycles. The first-order valence-corrected chi connectivity index (χ1v) is 8.65. The maximum Gasteiger partial charge on any atom is 0.403 e. The van der Waals surface area contributed by atoms with Gasteiger partial charge in [0.2, 0.25) is 0 Å². The Bertz CT molecular complexity index is 625. The van der Waals surface area contributed by atoms with E-state index < -0.39 is 12.2 Å². The first kappa shape index (κ1) is 20.4. The molecule has 2 rings (SSSR count). The van der Waals surface area contributed by atoms with E-state index in [9.17, 15) is 13.2 Å². The Morgan fingerprint density at radius 1 is 1.23 bits per heavy atom. The van der Waals surface area contributed by atoms with Gasteiger partial charge in [-0.25, -0.2) is 0 Å². The zero-order valence-electron chi connectivity index (χ0n) is 15.7. The molecule has 1 unspecified atom stereocenters. The molecule has 1 aromatic rings. The van der Waals surface area contributed by atoms with Crippen LogP contribution in [0.2, 0.25) is 0 Å². The summed E-state index contributed by atoms with van der Waals surface area (Å²) in [5.41, 5.74) is 2.17. The smallest absolute Gasteiger partial charge is 0.403 e. The number of benzene rings is 1. The molecular formula is C18H27F3N4O. The van der Waals surface area contributed by atoms with Crippen LogP contribution in [0, 0.1) is 6.92 Å². The van der Waals surface area contributed by atoms with Crippen molar-refractivity contribution in [3.05, 3.63) is 29.3 Å². The molecule has 0 aliphatic carbocycles. The molecule has 1 aliphatic heterocycles. The minimum absolute atomic E-state index is 0.361. The van der Waals surface area contributed by atoms with Crippen molar-refractivity contribution in [3.63, 3.8) is 0 Å². The first-order valence-electron chi connectivity index (χ1n) is 8.65. The number of halogens is 3. The summed E-state index contributed by atoms with van der Waals surface area (Å²) in [4.78, 5) is 7.73. The van der Waals surface area contributed by atoms with Crippen molar-refractivity contribution in [2.24, 2.45) is 4.99 Å². The van der Waals surface area contributed by atoms with E-state index in [1.165, 1.54) is 11.8 Å². The van der Waals surface area contributed by atoms with Crippen LogP contribution in [0.25, 0.3) is 0 Å². The van der Waals surface area contributed by atoms with Gasteiger partial charge < -0.3 is 15.0 Å². The summed E-state index contributed by atoms with van der Waals surface area (Å²) >= 11 is 0. The van der Waals surface area contributed by atoms with E-state index in [0.717, 1.165) is 16.9 Å². The second-order valence-corrected chi connectivity index (χ2v) is 6.50. The lowest BCUT2D eigenvalue weighted by atomic mass is 10.1. The average molecular weight is 372 g/mol. The average Bonchev–Trinajstić information content (AvgIpc) is 2.61. The van der Waals surface area contributed by atoms with Gasteiger partial charge in [-0.1, -0.05) is 6.07 Å². The fourth-order valence-corrected chi connectivity index (χ4v) is 3.09. The number of rotatable bonds is 4. The summed E-state index contributed by atoms with van der Waals surface area (Å²) in [5, 5.41) is 3.29. The van der Waals surface area contributed by atoms with Crippen molar-refractivity contribution in [1.82, 2.24) is 15.1 Å². The molecule has 5 nitrogen and oxygen atoms in total. The highest BCUT2D eigenvalue weighted by atomic mass is 19.4. The van der Waals surface area contributed by atoms with Gasteiger partial charge in [0.15, 0.2) is 5.96 Å². The number of hydrogen-bond donors (Lipinski definition) is 1. The summed E-state index contributed by atoms with van der Waals surface area (Å²) < 4.78 is 43.9. The van der Waals surface area contributed by atoms with E-state index in [1.54, 1.807) is 14.2 Å². The third kappa shape index (κ3) is 5.27. The van der Waals surface area contributed by atoms with Gasteiger partial charge in [-0.3, -0.25) is 9.89 Å². The maximum absolute atomic E-state index is 12.9. The first-order chi connectivity index (χ1) is 12.2. The molecule has 1 N–H and O–H groups in total. The molecule has 1 saturated heterocycles. The molecule has 0 amide bonds. The highest BCUT2D eigenvalue weighted by Crippen LogP contribution is 2.25. The normalized spacial score (nSPS) is 18.0. The van der Waals surface area contributed by atoms with Crippen LogP contribution in [0.5, 0.6) is 5.75 Å². The number of aryl methyl sites for hydroxylation is 1. The topological polar surface area (TPSA) is 40.1 Å². The van der Waals surface area contributed by atoms with Crippen LogP contribution in [-0.4, -0.2) is 68.3 Å². The molecule has 1 aromatic carbocycles. The fourth-order valence-electron chi connectivity index (χ4n) is 3.09. The summed E-state index contributed by atoms with van der Waals surface area (Å²) in [6, 6.07) is 4.56. The van der Waals surface area contributed by atoms with Crippen molar-refractivity contribution in [3.8, 4) is 5.75 Å². The Kier molecular flexibility index (Phi) is 6.75. The van der Waals surface area contributed by atoms with Crippen LogP contribution in [0.1, 0.15) is 18.1 Å². The molecule has 146 valence electrons. The molecule has 0 spiro atoms. The number of alkyl halides is 3. The summed E-state index contributed by atoms with van der Waals surface area (Å²) in [7, 11) is 3.32. The van der Waals surface area contributed by atoms with Crippen LogP contribution in [0.4, 0.5) is 13.2 Å². The van der Waals surface area contributed by atoms with Gasteiger partial charge in [-0.05, 0) is 37.1 Å². The highest BCUT2D eigenvalue weighted by Gasteiger charge is 2.41. The van der Waals surface area contributed by atoms with Gasteiger partial charge in [-0.2, -0.15) is 13.2 Å². The van der Waals surface area contributed by atoms with E-state index >= 15 is 0 Å². The Morgan fingerprint density at radius 3 is 2.42 bits per heavy atom. The van der Waals surface area contributed by atoms with Crippen LogP contribution >= 0.6 is 0 Å². The lowest BCUT2D eigenvalue weighted by Crippen LogP contribution is -2.56. The molecular weight excluding hydrogens is 345 g/mol. The second kappa shape index (κ2) is 8.62. The molecule has 26 heavy (non-hydrogen) atoms. The van der Waals surface area contributed by atoms with Crippen molar-refractivity contribution >= 4 is 5.96 Å². The Labute approximate surface area is 152 Å². The number of methoxy groups -OCH3 is 1. The van der Waals surface area contributed by atoms with Crippen LogP contribution < -0.4 is 10.1 Å². The number of nitrogens with zero attached hydrogens (tertiary/aromatic N) is 3. The molecule has 1 atom stereocenters. The lowest BCUT2D eigenvalue weighted by Gasteiger charge is -2.39. The predicted octanol–water partition coefficient (Wildman–Crippen LogP) is 2.65. The van der Waals surface area contributed by atoms with Crippen LogP contribution in [0.15, 0.2) is 23.2 Å². The Balaban J connectivity index is 1.91. The van der Waals surface area contributed by atoms with E-state index in [1.807, 2.05) is 24.0 Å². The SMILES string of the molecule is CN=C(NCc1cc(C)cc(OC)c1)N1CCN(C(C)C(F)(F)F)CC1.